The molecule has 2 bridgehead atoms. The summed E-state index contributed by atoms with van der Waals surface area (Å²) >= 11 is 0. The van der Waals surface area contributed by atoms with Gasteiger partial charge in [-0.15, -0.1) is 0 Å². The third-order valence-corrected chi connectivity index (χ3v) is 8.30. The van der Waals surface area contributed by atoms with Gasteiger partial charge in [0.1, 0.15) is 0 Å². The summed E-state index contributed by atoms with van der Waals surface area (Å²) in [6.07, 6.45) is 1.84. The Balaban J connectivity index is 1.96. The fraction of sp³-hybridized carbons (Fsp3) is 0.556. The van der Waals surface area contributed by atoms with Crippen molar-refractivity contribution in [3.63, 3.8) is 0 Å². The second kappa shape index (κ2) is 4.76. The first-order valence-corrected chi connectivity index (χ1v) is 9.97. The van der Waals surface area contributed by atoms with Gasteiger partial charge < -0.3 is 0 Å². The Hall–Kier alpha value is -1.53. The molecule has 0 saturated heterocycles. The number of fused-ring (bicyclic) bond motifs is 6. The van der Waals surface area contributed by atoms with Crippen molar-refractivity contribution < 1.29 is 8.42 Å². The molecule has 0 aliphatic heterocycles. The summed E-state index contributed by atoms with van der Waals surface area (Å²) in [4.78, 5) is 9.79. The van der Waals surface area contributed by atoms with Gasteiger partial charge in [-0.3, -0.25) is 0 Å². The number of para-hydroxylation sites is 2. The van der Waals surface area contributed by atoms with E-state index in [4.69, 9.17) is 9.97 Å². The lowest BCUT2D eigenvalue weighted by atomic mass is 9.70. The van der Waals surface area contributed by atoms with E-state index < -0.39 is 15.4 Å². The molecule has 0 unspecified atom stereocenters. The highest BCUT2D eigenvalue weighted by Crippen LogP contribution is 2.67. The maximum Gasteiger partial charge on any atom is 0.214 e. The largest absolute Gasteiger partial charge is 0.249 e. The van der Waals surface area contributed by atoms with Gasteiger partial charge >= 0.3 is 0 Å². The zero-order valence-electron chi connectivity index (χ0n) is 14.6. The zero-order chi connectivity index (χ0) is 17.3. The van der Waals surface area contributed by atoms with E-state index in [0.29, 0.717) is 0 Å². The van der Waals surface area contributed by atoms with Crippen molar-refractivity contribution in [3.8, 4) is 0 Å². The first-order valence-electron chi connectivity index (χ1n) is 8.36. The van der Waals surface area contributed by atoms with Crippen LogP contribution in [-0.2, 0) is 15.4 Å². The molecule has 5 nitrogen and oxygen atoms in total. The van der Waals surface area contributed by atoms with Crippen molar-refractivity contribution in [2.75, 3.05) is 19.8 Å². The Morgan fingerprint density at radius 1 is 1.17 bits per heavy atom. The molecule has 1 saturated carbocycles. The van der Waals surface area contributed by atoms with Crippen LogP contribution in [0.5, 0.6) is 0 Å². The topological polar surface area (TPSA) is 63.2 Å². The molecule has 1 heterocycles. The fourth-order valence-electron chi connectivity index (χ4n) is 4.69. The first kappa shape index (κ1) is 16.0. The zero-order valence-corrected chi connectivity index (χ0v) is 15.4. The van der Waals surface area contributed by atoms with E-state index in [1.165, 1.54) is 4.31 Å². The van der Waals surface area contributed by atoms with Gasteiger partial charge in [-0.05, 0) is 30.4 Å². The molecule has 1 aromatic carbocycles. The molecule has 1 aromatic heterocycles. The second-order valence-electron chi connectivity index (χ2n) is 7.88. The molecule has 0 spiro atoms. The maximum atomic E-state index is 12.7. The lowest BCUT2D eigenvalue weighted by Crippen LogP contribution is -2.45. The molecule has 2 aromatic rings. The summed E-state index contributed by atoms with van der Waals surface area (Å²) < 4.78 is 26.7. The van der Waals surface area contributed by atoms with E-state index in [9.17, 15) is 8.42 Å². The highest BCUT2D eigenvalue weighted by Gasteiger charge is 2.65. The van der Waals surface area contributed by atoms with Gasteiger partial charge in [-0.1, -0.05) is 26.0 Å². The number of sulfonamides is 1. The molecule has 0 amide bonds. The molecule has 2 atom stereocenters. The fourth-order valence-corrected chi connectivity index (χ4v) is 6.22. The number of aromatic nitrogens is 2. The smallest absolute Gasteiger partial charge is 0.214 e. The third kappa shape index (κ3) is 1.87. The van der Waals surface area contributed by atoms with Crippen molar-refractivity contribution in [1.82, 2.24) is 14.3 Å². The third-order valence-electron chi connectivity index (χ3n) is 6.33. The number of rotatable bonds is 3. The van der Waals surface area contributed by atoms with Crippen molar-refractivity contribution in [2.24, 2.45) is 5.41 Å². The Bertz CT molecular complexity index is 936. The Morgan fingerprint density at radius 3 is 2.42 bits per heavy atom. The minimum Gasteiger partial charge on any atom is -0.249 e. The molecule has 4 rings (SSSR count). The standard InChI is InChI=1S/C18H23N3O2S/c1-17(2)12-9-10-18(17,11-24(22,23)21(3)4)16-15(12)19-13-7-5-6-8-14(13)20-16/h5-8,12H,9-11H2,1-4H3/t12-,18+/m1/s1. The molecule has 6 heteroatoms. The minimum absolute atomic E-state index is 0.108. The molecule has 1 fully saturated rings. The van der Waals surface area contributed by atoms with E-state index in [-0.39, 0.29) is 17.1 Å². The number of benzene rings is 1. The van der Waals surface area contributed by atoms with E-state index in [2.05, 4.69) is 13.8 Å². The first-order chi connectivity index (χ1) is 11.2. The summed E-state index contributed by atoms with van der Waals surface area (Å²) in [7, 11) is -0.118. The molecular formula is C18H23N3O2S. The van der Waals surface area contributed by atoms with Crippen molar-refractivity contribution in [1.29, 1.82) is 0 Å². The Morgan fingerprint density at radius 2 is 1.79 bits per heavy atom. The van der Waals surface area contributed by atoms with Crippen LogP contribution in [0.3, 0.4) is 0 Å². The average molecular weight is 345 g/mol. The van der Waals surface area contributed by atoms with Gasteiger partial charge in [0.2, 0.25) is 10.0 Å². The van der Waals surface area contributed by atoms with Gasteiger partial charge in [-0.25, -0.2) is 22.7 Å². The highest BCUT2D eigenvalue weighted by atomic mass is 32.2. The molecule has 0 radical (unpaired) electrons. The maximum absolute atomic E-state index is 12.7. The van der Waals surface area contributed by atoms with Gasteiger partial charge in [0.05, 0.1) is 28.2 Å². The van der Waals surface area contributed by atoms with Crippen LogP contribution in [0.1, 0.15) is 44.0 Å². The highest BCUT2D eigenvalue weighted by molar-refractivity contribution is 7.89. The van der Waals surface area contributed by atoms with Crippen LogP contribution in [0.4, 0.5) is 0 Å². The van der Waals surface area contributed by atoms with Crippen LogP contribution in [-0.4, -0.2) is 42.5 Å². The van der Waals surface area contributed by atoms with Gasteiger partial charge in [-0.2, -0.15) is 0 Å². The SMILES string of the molecule is CN(C)S(=O)(=O)C[C@@]12CC[C@H](c3nc4ccccc4nc31)C2(C)C. The minimum atomic E-state index is -3.33. The number of hydrogen-bond acceptors (Lipinski definition) is 4. The lowest BCUT2D eigenvalue weighted by Gasteiger charge is -2.38. The summed E-state index contributed by atoms with van der Waals surface area (Å²) in [5.74, 6) is 0.387. The van der Waals surface area contributed by atoms with Crippen LogP contribution in [0, 0.1) is 5.41 Å². The Labute approximate surface area is 143 Å². The summed E-state index contributed by atoms with van der Waals surface area (Å²) in [5.41, 5.74) is 3.06. The summed E-state index contributed by atoms with van der Waals surface area (Å²) in [6.45, 7) is 4.37. The Kier molecular flexibility index (Phi) is 3.17. The van der Waals surface area contributed by atoms with E-state index in [0.717, 1.165) is 35.3 Å². The average Bonchev–Trinajstić information content (AvgIpc) is 2.85. The summed E-state index contributed by atoms with van der Waals surface area (Å²) in [6, 6.07) is 7.85. The van der Waals surface area contributed by atoms with Crippen LogP contribution >= 0.6 is 0 Å². The normalized spacial score (nSPS) is 27.8. The van der Waals surface area contributed by atoms with Gasteiger partial charge in [0.15, 0.2) is 0 Å². The molecule has 2 aliphatic carbocycles. The number of hydrogen-bond donors (Lipinski definition) is 0. The molecular weight excluding hydrogens is 322 g/mol. The predicted octanol–water partition coefficient (Wildman–Crippen LogP) is 2.68. The van der Waals surface area contributed by atoms with Crippen LogP contribution in [0.25, 0.3) is 11.0 Å². The van der Waals surface area contributed by atoms with Crippen LogP contribution in [0.2, 0.25) is 0 Å². The van der Waals surface area contributed by atoms with Crippen molar-refractivity contribution in [2.45, 2.75) is 38.0 Å². The second-order valence-corrected chi connectivity index (χ2v) is 10.1. The summed E-state index contributed by atoms with van der Waals surface area (Å²) in [5, 5.41) is 0. The van der Waals surface area contributed by atoms with Crippen molar-refractivity contribution in [3.05, 3.63) is 35.7 Å². The molecule has 2 aliphatic rings. The van der Waals surface area contributed by atoms with Gasteiger partial charge in [0.25, 0.3) is 0 Å². The van der Waals surface area contributed by atoms with Crippen molar-refractivity contribution >= 4 is 21.1 Å². The number of nitrogens with zero attached hydrogens (tertiary/aromatic N) is 3. The molecule has 24 heavy (non-hydrogen) atoms. The molecule has 128 valence electrons. The molecule has 0 N–H and O–H groups in total. The van der Waals surface area contributed by atoms with Crippen LogP contribution in [0.15, 0.2) is 24.3 Å². The van der Waals surface area contributed by atoms with E-state index in [1.807, 2.05) is 24.3 Å². The van der Waals surface area contributed by atoms with Gasteiger partial charge in [0, 0.05) is 25.4 Å². The van der Waals surface area contributed by atoms with E-state index in [1.54, 1.807) is 14.1 Å². The van der Waals surface area contributed by atoms with E-state index >= 15 is 0 Å². The van der Waals surface area contributed by atoms with Crippen LogP contribution < -0.4 is 0 Å². The lowest BCUT2D eigenvalue weighted by molar-refractivity contribution is 0.227. The quantitative estimate of drug-likeness (QED) is 0.858. The monoisotopic (exact) mass is 345 g/mol. The predicted molar refractivity (Wildman–Crippen MR) is 94.4 cm³/mol.